The second-order valence-electron chi connectivity index (χ2n) is 4.87. The van der Waals surface area contributed by atoms with Crippen LogP contribution in [0.3, 0.4) is 0 Å². The number of esters is 1. The summed E-state index contributed by atoms with van der Waals surface area (Å²) >= 11 is 0. The summed E-state index contributed by atoms with van der Waals surface area (Å²) in [5.74, 6) is 0.819. The number of carbonyl (C=O) groups excluding carboxylic acids is 1. The summed E-state index contributed by atoms with van der Waals surface area (Å²) < 4.78 is 44.7. The highest BCUT2D eigenvalue weighted by Gasteiger charge is 2.20. The van der Waals surface area contributed by atoms with Gasteiger partial charge in [0.05, 0.1) is 13.5 Å². The number of methoxy groups -OCH3 is 1. The summed E-state index contributed by atoms with van der Waals surface area (Å²) in [5.41, 5.74) is 0.445. The Morgan fingerprint density at radius 1 is 1.32 bits per heavy atom. The molecule has 0 aliphatic carbocycles. The van der Waals surface area contributed by atoms with Crippen molar-refractivity contribution in [3.63, 3.8) is 0 Å². The van der Waals surface area contributed by atoms with Gasteiger partial charge in [-0.3, -0.25) is 9.79 Å². The number of hydrogen-bond acceptors (Lipinski definition) is 6. The van der Waals surface area contributed by atoms with E-state index in [1.54, 1.807) is 13.1 Å². The number of alkyl halides is 2. The summed E-state index contributed by atoms with van der Waals surface area (Å²) in [4.78, 5) is 15.1. The maximum absolute atomic E-state index is 12.6. The molecule has 0 unspecified atom stereocenters. The molecule has 0 atom stereocenters. The van der Waals surface area contributed by atoms with Gasteiger partial charge in [-0.15, -0.1) is 0 Å². The second kappa shape index (κ2) is 8.90. The van der Waals surface area contributed by atoms with Gasteiger partial charge < -0.3 is 29.6 Å². The van der Waals surface area contributed by atoms with Crippen molar-refractivity contribution in [2.45, 2.75) is 19.6 Å². The predicted molar refractivity (Wildman–Crippen MR) is 84.0 cm³/mol. The minimum atomic E-state index is -2.96. The number of halogens is 2. The van der Waals surface area contributed by atoms with Crippen LogP contribution in [0.2, 0.25) is 0 Å². The summed E-state index contributed by atoms with van der Waals surface area (Å²) in [6.45, 7) is -2.47. The minimum absolute atomic E-state index is 0.0169. The van der Waals surface area contributed by atoms with E-state index in [0.717, 1.165) is 0 Å². The normalized spacial score (nSPS) is 12.9. The number of carbonyl (C=O) groups is 1. The molecule has 0 radical (unpaired) electrons. The third-order valence-electron chi connectivity index (χ3n) is 3.29. The van der Waals surface area contributed by atoms with E-state index in [1.165, 1.54) is 13.2 Å². The van der Waals surface area contributed by atoms with E-state index in [9.17, 15) is 13.6 Å². The molecule has 0 spiro atoms. The number of guanidine groups is 1. The molecule has 1 aromatic carbocycles. The molecule has 0 amide bonds. The van der Waals surface area contributed by atoms with Crippen LogP contribution >= 0.6 is 0 Å². The fourth-order valence-electron chi connectivity index (χ4n) is 2.09. The van der Waals surface area contributed by atoms with Crippen molar-refractivity contribution in [2.24, 2.45) is 4.99 Å². The molecule has 0 saturated carbocycles. The Labute approximate surface area is 143 Å². The number of fused-ring (bicyclic) bond motifs is 1. The first kappa shape index (κ1) is 18.6. The fourth-order valence-corrected chi connectivity index (χ4v) is 2.09. The Bertz CT molecular complexity index is 640. The average Bonchev–Trinajstić information content (AvgIpc) is 3.04. The van der Waals surface area contributed by atoms with Crippen LogP contribution in [-0.2, 0) is 16.1 Å². The Morgan fingerprint density at radius 3 is 2.68 bits per heavy atom. The number of benzene rings is 1. The van der Waals surface area contributed by atoms with Crippen molar-refractivity contribution >= 4 is 11.9 Å². The van der Waals surface area contributed by atoms with Crippen LogP contribution in [0, 0.1) is 0 Å². The second-order valence-corrected chi connectivity index (χ2v) is 4.87. The van der Waals surface area contributed by atoms with Crippen LogP contribution in [-0.4, -0.2) is 46.0 Å². The molecular formula is C15H19F2N3O5. The fraction of sp³-hybridized carbons (Fsp3) is 0.467. The van der Waals surface area contributed by atoms with Crippen LogP contribution in [0.4, 0.5) is 8.78 Å². The smallest absolute Gasteiger partial charge is 0.387 e. The number of ether oxygens (including phenoxy) is 4. The average molecular weight is 359 g/mol. The molecule has 1 aliphatic rings. The molecule has 0 aromatic heterocycles. The van der Waals surface area contributed by atoms with Gasteiger partial charge in [-0.25, -0.2) is 0 Å². The summed E-state index contributed by atoms with van der Waals surface area (Å²) in [5, 5.41) is 5.86. The molecule has 0 bridgehead atoms. The lowest BCUT2D eigenvalue weighted by Gasteiger charge is -2.15. The molecule has 1 aliphatic heterocycles. The Balaban J connectivity index is 1.99. The molecule has 0 saturated heterocycles. The molecule has 138 valence electrons. The lowest BCUT2D eigenvalue weighted by Crippen LogP contribution is -2.38. The predicted octanol–water partition coefficient (Wildman–Crippen LogP) is 1.24. The van der Waals surface area contributed by atoms with E-state index in [1.807, 2.05) is 0 Å². The van der Waals surface area contributed by atoms with Crippen molar-refractivity contribution in [3.05, 3.63) is 17.7 Å². The molecule has 25 heavy (non-hydrogen) atoms. The number of nitrogens with one attached hydrogen (secondary N) is 2. The summed E-state index contributed by atoms with van der Waals surface area (Å²) in [7, 11) is 2.85. The van der Waals surface area contributed by atoms with Crippen LogP contribution < -0.4 is 24.8 Å². The Hall–Kier alpha value is -2.78. The van der Waals surface area contributed by atoms with Gasteiger partial charge in [0.2, 0.25) is 6.79 Å². The summed E-state index contributed by atoms with van der Waals surface area (Å²) in [6.07, 6.45) is 0.168. The van der Waals surface area contributed by atoms with Crippen molar-refractivity contribution in [2.75, 3.05) is 27.5 Å². The number of nitrogens with zero attached hydrogens (tertiary/aromatic N) is 1. The van der Waals surface area contributed by atoms with Gasteiger partial charge in [-0.1, -0.05) is 0 Å². The first-order valence-electron chi connectivity index (χ1n) is 7.42. The van der Waals surface area contributed by atoms with Crippen molar-refractivity contribution < 1.29 is 32.5 Å². The minimum Gasteiger partial charge on any atom is -0.469 e. The topological polar surface area (TPSA) is 90.4 Å². The lowest BCUT2D eigenvalue weighted by molar-refractivity contribution is -0.140. The summed E-state index contributed by atoms with van der Waals surface area (Å²) in [6, 6.07) is 2.92. The van der Waals surface area contributed by atoms with Gasteiger partial charge in [0.25, 0.3) is 0 Å². The van der Waals surface area contributed by atoms with Crippen molar-refractivity contribution in [1.29, 1.82) is 0 Å². The maximum Gasteiger partial charge on any atom is 0.387 e. The molecule has 8 nitrogen and oxygen atoms in total. The van der Waals surface area contributed by atoms with E-state index in [-0.39, 0.29) is 31.5 Å². The monoisotopic (exact) mass is 359 g/mol. The molecular weight excluding hydrogens is 340 g/mol. The number of aliphatic imine (C=N–C) groups is 1. The van der Waals surface area contributed by atoms with E-state index >= 15 is 0 Å². The molecule has 2 N–H and O–H groups in total. The highest BCUT2D eigenvalue weighted by molar-refractivity contribution is 5.80. The standard InChI is InChI=1S/C15H19F2N3O5/c1-18-15(19-4-3-13(21)22-2)20-7-9-5-11-12(24-8-23-11)6-10(9)25-14(16)17/h5-6,14H,3-4,7-8H2,1-2H3,(H2,18,19,20). The maximum atomic E-state index is 12.6. The first-order chi connectivity index (χ1) is 12.0. The van der Waals surface area contributed by atoms with Gasteiger partial charge in [-0.2, -0.15) is 8.78 Å². The SMILES string of the molecule is CN=C(NCCC(=O)OC)NCc1cc2c(cc1OC(F)F)OCO2. The highest BCUT2D eigenvalue weighted by Crippen LogP contribution is 2.38. The van der Waals surface area contributed by atoms with Gasteiger partial charge in [0.15, 0.2) is 17.5 Å². The van der Waals surface area contributed by atoms with Crippen LogP contribution in [0.5, 0.6) is 17.2 Å². The lowest BCUT2D eigenvalue weighted by atomic mass is 10.1. The van der Waals surface area contributed by atoms with Gasteiger partial charge in [-0.05, 0) is 6.07 Å². The van der Waals surface area contributed by atoms with E-state index in [4.69, 9.17) is 9.47 Å². The van der Waals surface area contributed by atoms with Crippen molar-refractivity contribution in [3.8, 4) is 17.2 Å². The Morgan fingerprint density at radius 2 is 2.04 bits per heavy atom. The third kappa shape index (κ3) is 5.37. The van der Waals surface area contributed by atoms with E-state index < -0.39 is 6.61 Å². The quantitative estimate of drug-likeness (QED) is 0.430. The third-order valence-corrected chi connectivity index (χ3v) is 3.29. The van der Waals surface area contributed by atoms with Crippen LogP contribution in [0.1, 0.15) is 12.0 Å². The van der Waals surface area contributed by atoms with Crippen LogP contribution in [0.15, 0.2) is 17.1 Å². The van der Waals surface area contributed by atoms with E-state index in [2.05, 4.69) is 25.1 Å². The molecule has 2 rings (SSSR count). The number of hydrogen-bond donors (Lipinski definition) is 2. The van der Waals surface area contributed by atoms with Gasteiger partial charge in [0.1, 0.15) is 5.75 Å². The molecule has 10 heteroatoms. The Kier molecular flexibility index (Phi) is 6.61. The first-order valence-corrected chi connectivity index (χ1v) is 7.42. The van der Waals surface area contributed by atoms with Gasteiger partial charge in [0, 0.05) is 31.8 Å². The zero-order chi connectivity index (χ0) is 18.2. The van der Waals surface area contributed by atoms with Crippen molar-refractivity contribution in [1.82, 2.24) is 10.6 Å². The largest absolute Gasteiger partial charge is 0.469 e. The number of rotatable bonds is 7. The highest BCUT2D eigenvalue weighted by atomic mass is 19.3. The zero-order valence-electron chi connectivity index (χ0n) is 13.8. The molecule has 1 aromatic rings. The zero-order valence-corrected chi connectivity index (χ0v) is 13.8. The van der Waals surface area contributed by atoms with Crippen LogP contribution in [0.25, 0.3) is 0 Å². The van der Waals surface area contributed by atoms with E-state index in [0.29, 0.717) is 29.6 Å². The molecule has 1 heterocycles. The van der Waals surface area contributed by atoms with Gasteiger partial charge >= 0.3 is 12.6 Å². The molecule has 0 fully saturated rings.